The van der Waals surface area contributed by atoms with Crippen LogP contribution in [0.2, 0.25) is 0 Å². The van der Waals surface area contributed by atoms with Gasteiger partial charge in [0.05, 0.1) is 0 Å². The van der Waals surface area contributed by atoms with E-state index in [-0.39, 0.29) is 0 Å². The molecule has 0 aliphatic rings. The van der Waals surface area contributed by atoms with Crippen molar-refractivity contribution in [1.29, 1.82) is 0 Å². The molecule has 0 amide bonds. The third-order valence-corrected chi connectivity index (χ3v) is 9.64. The van der Waals surface area contributed by atoms with Crippen LogP contribution in [0.25, 0.3) is 0 Å². The summed E-state index contributed by atoms with van der Waals surface area (Å²) in [7, 11) is 0. The van der Waals surface area contributed by atoms with Crippen molar-refractivity contribution in [1.82, 2.24) is 0 Å². The molecule has 0 aromatic heterocycles. The van der Waals surface area contributed by atoms with E-state index >= 15 is 0 Å². The summed E-state index contributed by atoms with van der Waals surface area (Å²) < 4.78 is 1.69. The molecule has 7 heavy (non-hydrogen) atoms. The van der Waals surface area contributed by atoms with Gasteiger partial charge in [0.2, 0.25) is 0 Å². The van der Waals surface area contributed by atoms with Crippen molar-refractivity contribution in [2.75, 3.05) is 0 Å². The molecule has 0 fully saturated rings. The highest BCUT2D eigenvalue weighted by Gasteiger charge is 2.25. The van der Waals surface area contributed by atoms with Gasteiger partial charge in [0.25, 0.3) is 0 Å². The minimum atomic E-state index is 0.300. The van der Waals surface area contributed by atoms with Gasteiger partial charge in [-0.1, -0.05) is 113 Å². The summed E-state index contributed by atoms with van der Waals surface area (Å²) in [6.45, 7) is 0. The Hall–Kier alpha value is 3.65. The third kappa shape index (κ3) is 6.06. The number of alkyl halides is 3. The Morgan fingerprint density at radius 2 is 1.14 bits per heavy atom. The number of hydrogen-bond donors (Lipinski definition) is 0. The predicted octanol–water partition coefficient (Wildman–Crippen LogP) is 4.30. The topological polar surface area (TPSA) is 0 Å². The monoisotopic (exact) mass is 659 g/mol. The molecule has 0 heterocycles. The van der Waals surface area contributed by atoms with Crippen molar-refractivity contribution >= 4 is 113 Å². The van der Waals surface area contributed by atoms with Gasteiger partial charge in [0.1, 0.15) is 1.37 Å². The average molecular weight is 659 g/mol. The maximum atomic E-state index is 2.39. The van der Waals surface area contributed by atoms with Gasteiger partial charge in [0, 0.05) is 0 Å². The highest BCUT2D eigenvalue weighted by atomic mass is 127. The van der Waals surface area contributed by atoms with E-state index in [4.69, 9.17) is 0 Å². The quantitative estimate of drug-likeness (QED) is 0.292. The van der Waals surface area contributed by atoms with Crippen molar-refractivity contribution in [2.45, 2.75) is -0.565 Å². The van der Waals surface area contributed by atoms with Gasteiger partial charge in [0.15, 0.2) is 0 Å². The first kappa shape index (κ1) is 10.7. The maximum Gasteiger partial charge on any atom is 0.149 e. The molecule has 0 saturated carbocycles. The van der Waals surface area contributed by atoms with Crippen LogP contribution in [-0.2, 0) is 0 Å². The van der Waals surface area contributed by atoms with Crippen LogP contribution in [0.15, 0.2) is 0 Å². The summed E-state index contributed by atoms with van der Waals surface area (Å²) in [6, 6.07) is 0. The second-order valence-corrected chi connectivity index (χ2v) is 16.0. The highest BCUT2D eigenvalue weighted by Crippen LogP contribution is 2.50. The molecule has 1 radical (unpaired) electrons. The SMILES string of the molecule is I[C](I)C(I)(I)I. The maximum absolute atomic E-state index is 2.39. The standard InChI is InChI=1S/C2I5/c3-1(4)2(5,6)7. The van der Waals surface area contributed by atoms with Gasteiger partial charge in [-0.3, -0.25) is 0 Å². The zero-order chi connectivity index (χ0) is 6.08. The van der Waals surface area contributed by atoms with E-state index in [0.717, 1.165) is 0 Å². The minimum absolute atomic E-state index is 0.300. The lowest BCUT2D eigenvalue weighted by Gasteiger charge is -2.10. The Balaban J connectivity index is 3.54. The van der Waals surface area contributed by atoms with Crippen molar-refractivity contribution in [3.05, 3.63) is 1.93 Å². The molecule has 0 atom stereocenters. The van der Waals surface area contributed by atoms with Gasteiger partial charge >= 0.3 is 0 Å². The van der Waals surface area contributed by atoms with Crippen molar-refractivity contribution < 1.29 is 0 Å². The van der Waals surface area contributed by atoms with Crippen molar-refractivity contribution in [3.8, 4) is 0 Å². The molecule has 5 heteroatoms. The smallest absolute Gasteiger partial charge is 0.0615 e. The molecule has 0 saturated heterocycles. The summed E-state index contributed by atoms with van der Waals surface area (Å²) in [5, 5.41) is 0. The molecule has 0 unspecified atom stereocenters. The molecule has 0 aliphatic heterocycles. The third-order valence-electron chi connectivity index (χ3n) is 0.214. The molecular formula is C2I5. The zero-order valence-electron chi connectivity index (χ0n) is 2.89. The van der Waals surface area contributed by atoms with Gasteiger partial charge < -0.3 is 0 Å². The number of rotatable bonds is 1. The number of hydrogen-bond acceptors (Lipinski definition) is 0. The van der Waals surface area contributed by atoms with Crippen LogP contribution in [0.4, 0.5) is 0 Å². The van der Waals surface area contributed by atoms with Crippen LogP contribution in [-0.4, -0.2) is -0.565 Å². The Kier molecular flexibility index (Phi) is 6.86. The zero-order valence-corrected chi connectivity index (χ0v) is 13.7. The molecular weight excluding hydrogens is 659 g/mol. The fraction of sp³-hybridized carbons (Fsp3) is 0.500. The molecule has 0 aliphatic carbocycles. The fourth-order valence-corrected chi connectivity index (χ4v) is 0. The van der Waals surface area contributed by atoms with Crippen LogP contribution in [0.1, 0.15) is 0 Å². The lowest BCUT2D eigenvalue weighted by molar-refractivity contribution is 1.74. The van der Waals surface area contributed by atoms with E-state index in [1.807, 2.05) is 0 Å². The summed E-state index contributed by atoms with van der Waals surface area (Å²) in [5.41, 5.74) is 0. The van der Waals surface area contributed by atoms with Gasteiger partial charge in [-0.2, -0.15) is 0 Å². The molecule has 0 nitrogen and oxygen atoms in total. The van der Waals surface area contributed by atoms with Gasteiger partial charge in [-0.05, 0) is 0 Å². The summed E-state index contributed by atoms with van der Waals surface area (Å²) in [6.07, 6.45) is 0. The normalized spacial score (nSPS) is 12.9. The molecule has 0 rings (SSSR count). The van der Waals surface area contributed by atoms with E-state index < -0.39 is 0 Å². The molecule has 0 bridgehead atoms. The van der Waals surface area contributed by atoms with E-state index in [1.165, 1.54) is 1.93 Å². The lowest BCUT2D eigenvalue weighted by atomic mass is 11.0. The predicted molar refractivity (Wildman–Crippen MR) is 76.1 cm³/mol. The van der Waals surface area contributed by atoms with Gasteiger partial charge in [-0.25, -0.2) is 0 Å². The van der Waals surface area contributed by atoms with Crippen LogP contribution in [0, 0.1) is 1.93 Å². The lowest BCUT2D eigenvalue weighted by Crippen LogP contribution is -1.98. The molecule has 0 aromatic carbocycles. The fourth-order valence-electron chi connectivity index (χ4n) is 0. The first-order valence-corrected chi connectivity index (χ1v) is 6.59. The Bertz CT molecular complexity index is 51.6. The average Bonchev–Trinajstić information content (AvgIpc) is 1.31. The van der Waals surface area contributed by atoms with Crippen LogP contribution < -0.4 is 0 Å². The summed E-state index contributed by atoms with van der Waals surface area (Å²) in [5.74, 6) is 0. The largest absolute Gasteiger partial charge is 0.149 e. The molecule has 0 N–H and O–H groups in total. The van der Waals surface area contributed by atoms with E-state index in [9.17, 15) is 0 Å². The second-order valence-electron chi connectivity index (χ2n) is 0.758. The van der Waals surface area contributed by atoms with E-state index in [1.54, 1.807) is 0 Å². The first-order valence-electron chi connectivity index (χ1n) is 1.19. The Labute approximate surface area is 111 Å². The first-order chi connectivity index (χ1) is 2.94. The van der Waals surface area contributed by atoms with Crippen LogP contribution in [0.5, 0.6) is 0 Å². The van der Waals surface area contributed by atoms with E-state index in [2.05, 4.69) is 113 Å². The summed E-state index contributed by atoms with van der Waals surface area (Å²) in [4.78, 5) is 0. The Morgan fingerprint density at radius 1 is 1.00 bits per heavy atom. The molecule has 43 valence electrons. The molecule has 0 spiro atoms. The van der Waals surface area contributed by atoms with Crippen LogP contribution in [0.3, 0.4) is 0 Å². The van der Waals surface area contributed by atoms with E-state index in [0.29, 0.717) is -0.565 Å². The number of halogens is 5. The van der Waals surface area contributed by atoms with Gasteiger partial charge in [-0.15, -0.1) is 0 Å². The highest BCUT2D eigenvalue weighted by molar-refractivity contribution is 14.3. The van der Waals surface area contributed by atoms with Crippen molar-refractivity contribution in [3.63, 3.8) is 0 Å². The minimum Gasteiger partial charge on any atom is -0.0615 e. The van der Waals surface area contributed by atoms with Crippen LogP contribution >= 0.6 is 113 Å². The molecule has 0 aromatic rings. The second kappa shape index (κ2) is 4.51. The van der Waals surface area contributed by atoms with Crippen molar-refractivity contribution in [2.24, 2.45) is 0 Å². The Morgan fingerprint density at radius 3 is 1.14 bits per heavy atom. The summed E-state index contributed by atoms with van der Waals surface area (Å²) >= 11 is 11.8.